The van der Waals surface area contributed by atoms with E-state index in [0.717, 1.165) is 5.56 Å². The van der Waals surface area contributed by atoms with Crippen LogP contribution in [0.4, 0.5) is 0 Å². The van der Waals surface area contributed by atoms with Crippen LogP contribution in [0.25, 0.3) is 0 Å². The van der Waals surface area contributed by atoms with Gasteiger partial charge in [0.2, 0.25) is 11.5 Å². The van der Waals surface area contributed by atoms with Crippen molar-refractivity contribution in [3.05, 3.63) is 17.7 Å². The lowest BCUT2D eigenvalue weighted by molar-refractivity contribution is -0.0439. The van der Waals surface area contributed by atoms with E-state index in [-0.39, 0.29) is 5.75 Å². The Labute approximate surface area is 76.9 Å². The Kier molecular flexibility index (Phi) is 1.46. The molecule has 0 saturated carbocycles. The lowest BCUT2D eigenvalue weighted by Crippen LogP contribution is -2.29. The first-order valence-electron chi connectivity index (χ1n) is 4.19. The minimum Gasteiger partial charge on any atom is -0.504 e. The highest BCUT2D eigenvalue weighted by atomic mass is 16.7. The van der Waals surface area contributed by atoms with Gasteiger partial charge in [0.1, 0.15) is 0 Å². The van der Waals surface area contributed by atoms with Gasteiger partial charge < -0.3 is 14.6 Å². The van der Waals surface area contributed by atoms with Crippen molar-refractivity contribution in [1.29, 1.82) is 0 Å². The summed E-state index contributed by atoms with van der Waals surface area (Å²) in [5.41, 5.74) is 0.956. The number of phenols is 1. The van der Waals surface area contributed by atoms with E-state index in [1.165, 1.54) is 0 Å². The van der Waals surface area contributed by atoms with E-state index in [2.05, 4.69) is 0 Å². The molecule has 1 aliphatic heterocycles. The predicted octanol–water partition coefficient (Wildman–Crippen LogP) is 2.21. The van der Waals surface area contributed by atoms with E-state index in [1.54, 1.807) is 6.07 Å². The monoisotopic (exact) mass is 180 g/mol. The molecule has 0 bridgehead atoms. The Morgan fingerprint density at radius 3 is 2.62 bits per heavy atom. The number of phenolic OH excluding ortho intramolecular Hbond substituents is 1. The van der Waals surface area contributed by atoms with Crippen molar-refractivity contribution >= 4 is 0 Å². The molecule has 0 saturated heterocycles. The number of hydrogen-bond acceptors (Lipinski definition) is 3. The van der Waals surface area contributed by atoms with E-state index in [9.17, 15) is 5.11 Å². The van der Waals surface area contributed by atoms with Crippen LogP contribution in [0.15, 0.2) is 12.1 Å². The minimum atomic E-state index is -0.673. The predicted molar refractivity (Wildman–Crippen MR) is 48.2 cm³/mol. The number of rotatable bonds is 0. The second kappa shape index (κ2) is 2.31. The zero-order valence-corrected chi connectivity index (χ0v) is 7.92. The molecule has 13 heavy (non-hydrogen) atoms. The van der Waals surface area contributed by atoms with Crippen molar-refractivity contribution in [3.63, 3.8) is 0 Å². The molecular formula is C10H12O3. The number of benzene rings is 1. The first-order valence-corrected chi connectivity index (χ1v) is 4.19. The topological polar surface area (TPSA) is 38.7 Å². The maximum Gasteiger partial charge on any atom is 0.246 e. The number of fused-ring (bicyclic) bond motifs is 1. The third kappa shape index (κ3) is 1.30. The van der Waals surface area contributed by atoms with E-state index in [0.29, 0.717) is 11.5 Å². The highest BCUT2D eigenvalue weighted by molar-refractivity contribution is 5.54. The van der Waals surface area contributed by atoms with Gasteiger partial charge in [-0.2, -0.15) is 0 Å². The molecule has 1 aromatic rings. The van der Waals surface area contributed by atoms with Crippen molar-refractivity contribution in [2.24, 2.45) is 0 Å². The van der Waals surface area contributed by atoms with Crippen LogP contribution in [0.5, 0.6) is 17.2 Å². The summed E-state index contributed by atoms with van der Waals surface area (Å²) < 4.78 is 10.9. The molecule has 0 fully saturated rings. The lowest BCUT2D eigenvalue weighted by atomic mass is 10.2. The second-order valence-electron chi connectivity index (χ2n) is 3.72. The van der Waals surface area contributed by atoms with Crippen LogP contribution in [0, 0.1) is 6.92 Å². The van der Waals surface area contributed by atoms with Crippen LogP contribution < -0.4 is 9.47 Å². The third-order valence-corrected chi connectivity index (χ3v) is 1.88. The van der Waals surface area contributed by atoms with Crippen molar-refractivity contribution in [2.75, 3.05) is 0 Å². The molecule has 0 radical (unpaired) electrons. The Morgan fingerprint density at radius 1 is 1.23 bits per heavy atom. The van der Waals surface area contributed by atoms with Crippen LogP contribution in [-0.4, -0.2) is 10.9 Å². The van der Waals surface area contributed by atoms with Crippen LogP contribution in [0.1, 0.15) is 19.4 Å². The van der Waals surface area contributed by atoms with Crippen molar-refractivity contribution in [3.8, 4) is 17.2 Å². The van der Waals surface area contributed by atoms with Gasteiger partial charge in [0.05, 0.1) is 0 Å². The standard InChI is InChI=1S/C10H12O3/c1-6-4-7(11)9-8(5-6)12-10(2,3)13-9/h4-5,11H,1-3H3. The van der Waals surface area contributed by atoms with Crippen LogP contribution >= 0.6 is 0 Å². The molecule has 0 amide bonds. The summed E-state index contributed by atoms with van der Waals surface area (Å²) in [4.78, 5) is 0. The summed E-state index contributed by atoms with van der Waals surface area (Å²) in [6.07, 6.45) is 0. The fraction of sp³-hybridized carbons (Fsp3) is 0.400. The summed E-state index contributed by atoms with van der Waals surface area (Å²) in [5.74, 6) is 0.520. The summed E-state index contributed by atoms with van der Waals surface area (Å²) in [6, 6.07) is 3.51. The molecule has 3 heteroatoms. The Bertz CT molecular complexity index is 355. The molecule has 0 unspecified atom stereocenters. The fourth-order valence-electron chi connectivity index (χ4n) is 1.43. The Morgan fingerprint density at radius 2 is 1.92 bits per heavy atom. The maximum absolute atomic E-state index is 9.54. The molecule has 1 heterocycles. The highest BCUT2D eigenvalue weighted by Gasteiger charge is 2.33. The SMILES string of the molecule is Cc1cc(O)c2c(c1)OC(C)(C)O2. The number of ether oxygens (including phenoxy) is 2. The van der Waals surface area contributed by atoms with Gasteiger partial charge in [0.15, 0.2) is 11.5 Å². The average Bonchev–Trinajstić information content (AvgIpc) is 2.23. The van der Waals surface area contributed by atoms with Gasteiger partial charge in [-0.1, -0.05) is 0 Å². The van der Waals surface area contributed by atoms with Crippen molar-refractivity contribution < 1.29 is 14.6 Å². The molecule has 1 N–H and O–H groups in total. The number of aryl methyl sites for hydroxylation is 1. The molecule has 1 aromatic carbocycles. The van der Waals surface area contributed by atoms with Crippen LogP contribution in [0.3, 0.4) is 0 Å². The maximum atomic E-state index is 9.54. The van der Waals surface area contributed by atoms with Gasteiger partial charge in [0.25, 0.3) is 0 Å². The number of hydrogen-bond donors (Lipinski definition) is 1. The van der Waals surface area contributed by atoms with E-state index in [1.807, 2.05) is 26.8 Å². The Balaban J connectivity index is 2.52. The first kappa shape index (κ1) is 8.23. The van der Waals surface area contributed by atoms with Gasteiger partial charge in [0, 0.05) is 13.8 Å². The fourth-order valence-corrected chi connectivity index (χ4v) is 1.43. The molecule has 0 spiro atoms. The van der Waals surface area contributed by atoms with E-state index in [4.69, 9.17) is 9.47 Å². The summed E-state index contributed by atoms with van der Waals surface area (Å²) >= 11 is 0. The van der Waals surface area contributed by atoms with Crippen LogP contribution in [0.2, 0.25) is 0 Å². The first-order chi connectivity index (χ1) is 5.98. The molecule has 3 nitrogen and oxygen atoms in total. The molecule has 0 aliphatic carbocycles. The lowest BCUT2D eigenvalue weighted by Gasteiger charge is -2.16. The quantitative estimate of drug-likeness (QED) is 0.665. The number of aromatic hydroxyl groups is 1. The highest BCUT2D eigenvalue weighted by Crippen LogP contribution is 2.45. The molecule has 0 atom stereocenters. The van der Waals surface area contributed by atoms with Gasteiger partial charge in [-0.05, 0) is 24.6 Å². The molecule has 70 valence electrons. The molecular weight excluding hydrogens is 168 g/mol. The molecule has 0 aromatic heterocycles. The zero-order chi connectivity index (χ0) is 9.64. The largest absolute Gasteiger partial charge is 0.504 e. The Hall–Kier alpha value is -1.38. The van der Waals surface area contributed by atoms with Crippen LogP contribution in [-0.2, 0) is 0 Å². The van der Waals surface area contributed by atoms with Gasteiger partial charge in [-0.15, -0.1) is 0 Å². The molecule has 1 aliphatic rings. The smallest absolute Gasteiger partial charge is 0.246 e. The summed E-state index contributed by atoms with van der Waals surface area (Å²) in [6.45, 7) is 5.51. The zero-order valence-electron chi connectivity index (χ0n) is 7.92. The van der Waals surface area contributed by atoms with Crippen molar-refractivity contribution in [2.45, 2.75) is 26.6 Å². The second-order valence-corrected chi connectivity index (χ2v) is 3.72. The summed E-state index contributed by atoms with van der Waals surface area (Å²) in [5, 5.41) is 9.54. The molecule has 2 rings (SSSR count). The average molecular weight is 180 g/mol. The third-order valence-electron chi connectivity index (χ3n) is 1.88. The van der Waals surface area contributed by atoms with E-state index >= 15 is 0 Å². The summed E-state index contributed by atoms with van der Waals surface area (Å²) in [7, 11) is 0. The van der Waals surface area contributed by atoms with Gasteiger partial charge in [-0.3, -0.25) is 0 Å². The normalized spacial score (nSPS) is 17.5. The minimum absolute atomic E-state index is 0.139. The van der Waals surface area contributed by atoms with Gasteiger partial charge >= 0.3 is 0 Å². The van der Waals surface area contributed by atoms with E-state index < -0.39 is 5.79 Å². The van der Waals surface area contributed by atoms with Gasteiger partial charge in [-0.25, -0.2) is 0 Å². The van der Waals surface area contributed by atoms with Crippen molar-refractivity contribution in [1.82, 2.24) is 0 Å².